The van der Waals surface area contributed by atoms with E-state index < -0.39 is 0 Å². The smallest absolute Gasteiger partial charge is 0.279 e. The van der Waals surface area contributed by atoms with Crippen molar-refractivity contribution in [3.8, 4) is 0 Å². The number of carbonyl (C=O) groups excluding carboxylic acids is 1. The van der Waals surface area contributed by atoms with Gasteiger partial charge in [-0.15, -0.1) is 0 Å². The van der Waals surface area contributed by atoms with Crippen LogP contribution < -0.4 is 15.5 Å². The summed E-state index contributed by atoms with van der Waals surface area (Å²) in [6.07, 6.45) is 0. The van der Waals surface area contributed by atoms with E-state index in [2.05, 4.69) is 35.1 Å². The van der Waals surface area contributed by atoms with Gasteiger partial charge in [0.25, 0.3) is 5.91 Å². The number of rotatable bonds is 5. The van der Waals surface area contributed by atoms with Crippen LogP contribution in [0.4, 0.5) is 5.69 Å². The van der Waals surface area contributed by atoms with Crippen LogP contribution in [0.3, 0.4) is 0 Å². The van der Waals surface area contributed by atoms with Crippen molar-refractivity contribution in [2.45, 2.75) is 20.8 Å². The Hall–Kier alpha value is -1.92. The Morgan fingerprint density at radius 1 is 1.32 bits per heavy atom. The number of hydrogen-bond donors (Lipinski definition) is 3. The van der Waals surface area contributed by atoms with Crippen LogP contribution in [0, 0.1) is 13.8 Å². The lowest BCUT2D eigenvalue weighted by Crippen LogP contribution is -3.15. The predicted molar refractivity (Wildman–Crippen MR) is 107 cm³/mol. The molecule has 0 saturated carbocycles. The van der Waals surface area contributed by atoms with Crippen molar-refractivity contribution in [3.05, 3.63) is 41.5 Å². The van der Waals surface area contributed by atoms with E-state index in [-0.39, 0.29) is 5.91 Å². The number of piperazine rings is 1. The molecule has 1 heterocycles. The Labute approximate surface area is 156 Å². The highest BCUT2D eigenvalue weighted by Crippen LogP contribution is 2.17. The fourth-order valence-electron chi connectivity index (χ4n) is 2.85. The van der Waals surface area contributed by atoms with Crippen molar-refractivity contribution in [1.29, 1.82) is 0 Å². The zero-order chi connectivity index (χ0) is 18.4. The summed E-state index contributed by atoms with van der Waals surface area (Å²) in [5.41, 5.74) is 4.29. The van der Waals surface area contributed by atoms with Crippen molar-refractivity contribution in [3.63, 3.8) is 0 Å². The van der Waals surface area contributed by atoms with Gasteiger partial charge in [0, 0.05) is 12.2 Å². The van der Waals surface area contributed by atoms with E-state index in [0.717, 1.165) is 48.1 Å². The van der Waals surface area contributed by atoms with Crippen molar-refractivity contribution < 1.29 is 9.69 Å². The maximum Gasteiger partial charge on any atom is 0.279 e. The van der Waals surface area contributed by atoms with E-state index in [4.69, 9.17) is 12.2 Å². The lowest BCUT2D eigenvalue weighted by molar-refractivity contribution is -0.895. The molecule has 136 valence electrons. The zero-order valence-electron chi connectivity index (χ0n) is 15.4. The van der Waals surface area contributed by atoms with Crippen molar-refractivity contribution in [1.82, 2.24) is 10.2 Å². The summed E-state index contributed by atoms with van der Waals surface area (Å²) < 4.78 is 0. The summed E-state index contributed by atoms with van der Waals surface area (Å²) in [5.74, 6) is 0.0696. The molecule has 1 aliphatic rings. The molecule has 2 rings (SSSR count). The number of aryl methyl sites for hydroxylation is 1. The minimum absolute atomic E-state index is 0.0696. The third-order valence-electron chi connectivity index (χ3n) is 4.59. The van der Waals surface area contributed by atoms with E-state index in [9.17, 15) is 4.79 Å². The molecule has 0 radical (unpaired) electrons. The van der Waals surface area contributed by atoms with Gasteiger partial charge in [-0.1, -0.05) is 24.3 Å². The second-order valence-corrected chi connectivity index (χ2v) is 7.21. The molecule has 0 atom stereocenters. The first-order valence-corrected chi connectivity index (χ1v) is 9.14. The molecule has 6 heteroatoms. The predicted octanol–water partition coefficient (Wildman–Crippen LogP) is 0.893. The lowest BCUT2D eigenvalue weighted by atomic mass is 10.1. The van der Waals surface area contributed by atoms with Crippen LogP contribution in [0.5, 0.6) is 0 Å². The number of nitrogens with one attached hydrogen (secondary N) is 3. The molecular formula is C19H29N4OS+. The third kappa shape index (κ3) is 5.83. The molecule has 1 aromatic rings. The fourth-order valence-corrected chi connectivity index (χ4v) is 3.10. The normalized spacial score (nSPS) is 14.9. The zero-order valence-corrected chi connectivity index (χ0v) is 16.3. The molecule has 0 spiro atoms. The third-order valence-corrected chi connectivity index (χ3v) is 4.99. The Bertz CT molecular complexity index is 651. The maximum atomic E-state index is 12.3. The van der Waals surface area contributed by atoms with Gasteiger partial charge in [0.1, 0.15) is 0 Å². The van der Waals surface area contributed by atoms with Crippen LogP contribution in [-0.2, 0) is 4.79 Å². The number of thiocarbonyl (C=S) groups is 1. The molecule has 3 N–H and O–H groups in total. The summed E-state index contributed by atoms with van der Waals surface area (Å²) in [6.45, 7) is 14.7. The molecule has 1 saturated heterocycles. The standard InChI is InChI=1S/C19H28N4OS/c1-14(2)12-20-19(25)23-10-8-22(9-11-23)13-18(24)21-17-7-5-6-15(3)16(17)4/h5-7H,1,8-13H2,2-4H3,(H,20,25)(H,21,24)/p+1. The maximum absolute atomic E-state index is 12.3. The highest BCUT2D eigenvalue weighted by Gasteiger charge is 2.23. The van der Waals surface area contributed by atoms with Gasteiger partial charge in [-0.05, 0) is 50.2 Å². The van der Waals surface area contributed by atoms with Gasteiger partial charge in [-0.2, -0.15) is 0 Å². The molecule has 1 aliphatic heterocycles. The van der Waals surface area contributed by atoms with Crippen LogP contribution >= 0.6 is 12.2 Å². The molecule has 0 unspecified atom stereocenters. The van der Waals surface area contributed by atoms with Crippen molar-refractivity contribution in [2.24, 2.45) is 0 Å². The summed E-state index contributed by atoms with van der Waals surface area (Å²) in [7, 11) is 0. The van der Waals surface area contributed by atoms with Gasteiger partial charge in [-0.3, -0.25) is 4.79 Å². The highest BCUT2D eigenvalue weighted by atomic mass is 32.1. The van der Waals surface area contributed by atoms with E-state index in [0.29, 0.717) is 13.1 Å². The summed E-state index contributed by atoms with van der Waals surface area (Å²) in [6, 6.07) is 5.99. The fraction of sp³-hybridized carbons (Fsp3) is 0.474. The van der Waals surface area contributed by atoms with E-state index in [1.807, 2.05) is 26.0 Å². The Morgan fingerprint density at radius 3 is 2.64 bits per heavy atom. The molecule has 1 amide bonds. The van der Waals surface area contributed by atoms with Crippen LogP contribution in [0.25, 0.3) is 0 Å². The number of quaternary nitrogens is 1. The first-order valence-electron chi connectivity index (χ1n) is 8.73. The van der Waals surface area contributed by atoms with E-state index in [1.54, 1.807) is 0 Å². The number of nitrogens with zero attached hydrogens (tertiary/aromatic N) is 1. The second kappa shape index (κ2) is 8.97. The molecule has 25 heavy (non-hydrogen) atoms. The second-order valence-electron chi connectivity index (χ2n) is 6.83. The molecule has 0 aromatic heterocycles. The average Bonchev–Trinajstić information content (AvgIpc) is 2.57. The van der Waals surface area contributed by atoms with E-state index in [1.165, 1.54) is 10.5 Å². The molecule has 1 fully saturated rings. The number of hydrogen-bond acceptors (Lipinski definition) is 2. The minimum Gasteiger partial charge on any atom is -0.359 e. The largest absolute Gasteiger partial charge is 0.359 e. The molecule has 5 nitrogen and oxygen atoms in total. The van der Waals surface area contributed by atoms with Crippen LogP contribution in [0.15, 0.2) is 30.4 Å². The Morgan fingerprint density at radius 2 is 2.00 bits per heavy atom. The average molecular weight is 362 g/mol. The highest BCUT2D eigenvalue weighted by molar-refractivity contribution is 7.80. The Balaban J connectivity index is 1.77. The SMILES string of the molecule is C=C(C)CNC(=S)N1CC[NH+](CC(=O)Nc2cccc(C)c2C)CC1. The summed E-state index contributed by atoms with van der Waals surface area (Å²) >= 11 is 5.42. The Kier molecular flexibility index (Phi) is 6.96. The lowest BCUT2D eigenvalue weighted by Gasteiger charge is -2.33. The van der Waals surface area contributed by atoms with Gasteiger partial charge in [0.15, 0.2) is 11.7 Å². The number of anilines is 1. The first kappa shape index (κ1) is 19.4. The minimum atomic E-state index is 0.0696. The van der Waals surface area contributed by atoms with Crippen LogP contribution in [0.1, 0.15) is 18.1 Å². The number of benzene rings is 1. The quantitative estimate of drug-likeness (QED) is 0.539. The number of carbonyl (C=O) groups is 1. The van der Waals surface area contributed by atoms with Gasteiger partial charge in [0.2, 0.25) is 0 Å². The molecule has 0 bridgehead atoms. The molecule has 0 aliphatic carbocycles. The van der Waals surface area contributed by atoms with Gasteiger partial charge >= 0.3 is 0 Å². The van der Waals surface area contributed by atoms with Crippen molar-refractivity contribution >= 4 is 28.9 Å². The molecular weight excluding hydrogens is 332 g/mol. The molecule has 1 aromatic carbocycles. The first-order chi connectivity index (χ1) is 11.9. The topological polar surface area (TPSA) is 48.8 Å². The van der Waals surface area contributed by atoms with Crippen molar-refractivity contribution in [2.75, 3.05) is 44.6 Å². The number of amides is 1. The van der Waals surface area contributed by atoms with Crippen LogP contribution in [-0.4, -0.2) is 55.2 Å². The van der Waals surface area contributed by atoms with Crippen LogP contribution in [0.2, 0.25) is 0 Å². The monoisotopic (exact) mass is 361 g/mol. The van der Waals surface area contributed by atoms with Gasteiger partial charge < -0.3 is 20.4 Å². The van der Waals surface area contributed by atoms with E-state index >= 15 is 0 Å². The van der Waals surface area contributed by atoms with Gasteiger partial charge in [-0.25, -0.2) is 0 Å². The summed E-state index contributed by atoms with van der Waals surface area (Å²) in [4.78, 5) is 15.8. The van der Waals surface area contributed by atoms with Gasteiger partial charge in [0.05, 0.1) is 26.2 Å². The summed E-state index contributed by atoms with van der Waals surface area (Å²) in [5, 5.41) is 7.04.